The Morgan fingerprint density at radius 1 is 1.17 bits per heavy atom. The zero-order valence-electron chi connectivity index (χ0n) is 15.7. The van der Waals surface area contributed by atoms with Crippen molar-refractivity contribution in [3.05, 3.63) is 66.2 Å². The van der Waals surface area contributed by atoms with E-state index < -0.39 is 17.9 Å². The van der Waals surface area contributed by atoms with Crippen molar-refractivity contribution in [3.8, 4) is 11.3 Å². The number of anilines is 1. The van der Waals surface area contributed by atoms with Crippen molar-refractivity contribution in [2.45, 2.75) is 12.5 Å². The number of carboxylic acids is 1. The molecule has 1 aromatic carbocycles. The minimum absolute atomic E-state index is 0.203. The molecule has 3 aromatic rings. The molecule has 2 aromatic heterocycles. The number of hydrogen-bond acceptors (Lipinski definition) is 5. The average Bonchev–Trinajstić information content (AvgIpc) is 3.07. The van der Waals surface area contributed by atoms with Crippen molar-refractivity contribution in [1.82, 2.24) is 20.1 Å². The molecule has 0 bridgehead atoms. The van der Waals surface area contributed by atoms with Gasteiger partial charge in [0, 0.05) is 31.1 Å². The van der Waals surface area contributed by atoms with E-state index in [1.165, 1.54) is 16.8 Å². The first kappa shape index (κ1) is 20.2. The Bertz CT molecular complexity index is 989. The Morgan fingerprint density at radius 2 is 1.86 bits per heavy atom. The molecule has 0 fully saturated rings. The highest BCUT2D eigenvalue weighted by Crippen LogP contribution is 2.20. The smallest absolute Gasteiger partial charge is 0.317 e. The molecule has 0 saturated carbocycles. The molecule has 0 spiro atoms. The van der Waals surface area contributed by atoms with E-state index in [-0.39, 0.29) is 18.8 Å². The number of halogens is 1. The van der Waals surface area contributed by atoms with Gasteiger partial charge in [-0.2, -0.15) is 5.10 Å². The molecule has 0 aliphatic carbocycles. The van der Waals surface area contributed by atoms with Crippen LogP contribution >= 0.6 is 0 Å². The third-order valence-electron chi connectivity index (χ3n) is 4.28. The van der Waals surface area contributed by atoms with Crippen LogP contribution in [0, 0.1) is 5.82 Å². The molecule has 0 aliphatic heterocycles. The number of nitrogens with one attached hydrogen (secondary N) is 2. The Labute approximate surface area is 166 Å². The highest BCUT2D eigenvalue weighted by Gasteiger charge is 2.21. The van der Waals surface area contributed by atoms with E-state index in [0.29, 0.717) is 17.1 Å². The number of rotatable bonds is 8. The van der Waals surface area contributed by atoms with Crippen LogP contribution in [-0.4, -0.2) is 44.3 Å². The van der Waals surface area contributed by atoms with E-state index in [2.05, 4.69) is 20.7 Å². The van der Waals surface area contributed by atoms with Crippen molar-refractivity contribution in [1.29, 1.82) is 0 Å². The Balaban J connectivity index is 1.76. The second-order valence-electron chi connectivity index (χ2n) is 6.42. The highest BCUT2D eigenvalue weighted by molar-refractivity contribution is 5.95. The quantitative estimate of drug-likeness (QED) is 0.535. The molecular formula is C20H20FN5O3. The number of aliphatic carboxylic acids is 1. The van der Waals surface area contributed by atoms with Crippen LogP contribution in [0.1, 0.15) is 5.56 Å². The first-order chi connectivity index (χ1) is 13.9. The molecule has 1 unspecified atom stereocenters. The zero-order valence-corrected chi connectivity index (χ0v) is 15.7. The maximum Gasteiger partial charge on any atom is 0.317 e. The van der Waals surface area contributed by atoms with Crippen molar-refractivity contribution >= 4 is 17.7 Å². The summed E-state index contributed by atoms with van der Waals surface area (Å²) in [6.07, 6.45) is 3.50. The van der Waals surface area contributed by atoms with Crippen molar-refractivity contribution in [2.75, 3.05) is 11.9 Å². The first-order valence-corrected chi connectivity index (χ1v) is 8.87. The van der Waals surface area contributed by atoms with Gasteiger partial charge in [0.25, 0.3) is 0 Å². The fourth-order valence-electron chi connectivity index (χ4n) is 2.79. The predicted octanol–water partition coefficient (Wildman–Crippen LogP) is 1.85. The summed E-state index contributed by atoms with van der Waals surface area (Å²) >= 11 is 0. The summed E-state index contributed by atoms with van der Waals surface area (Å²) in [5.74, 6) is -1.42. The van der Waals surface area contributed by atoms with Crippen molar-refractivity contribution in [3.63, 3.8) is 0 Å². The number of carboxylic acid groups (broad SMARTS) is 1. The van der Waals surface area contributed by atoms with Gasteiger partial charge in [-0.15, -0.1) is 0 Å². The van der Waals surface area contributed by atoms with Crippen molar-refractivity contribution < 1.29 is 19.1 Å². The molecule has 1 atom stereocenters. The number of aromatic nitrogens is 3. The molecule has 1 amide bonds. The van der Waals surface area contributed by atoms with Gasteiger partial charge >= 0.3 is 5.97 Å². The molecule has 8 nitrogen and oxygen atoms in total. The molecule has 9 heteroatoms. The second kappa shape index (κ2) is 9.07. The molecular weight excluding hydrogens is 377 g/mol. The maximum absolute atomic E-state index is 13.1. The molecule has 3 rings (SSSR count). The minimum Gasteiger partial charge on any atom is -0.480 e. The second-order valence-corrected chi connectivity index (χ2v) is 6.42. The largest absolute Gasteiger partial charge is 0.480 e. The van der Waals surface area contributed by atoms with Gasteiger partial charge < -0.3 is 10.4 Å². The summed E-state index contributed by atoms with van der Waals surface area (Å²) < 4.78 is 14.7. The topological polar surface area (TPSA) is 109 Å². The summed E-state index contributed by atoms with van der Waals surface area (Å²) in [5.41, 5.74) is 2.22. The molecule has 29 heavy (non-hydrogen) atoms. The number of nitrogens with zero attached hydrogens (tertiary/aromatic N) is 3. The van der Waals surface area contributed by atoms with Gasteiger partial charge in [0.05, 0.1) is 18.3 Å². The van der Waals surface area contributed by atoms with Crippen LogP contribution in [0.3, 0.4) is 0 Å². The van der Waals surface area contributed by atoms with Crippen LogP contribution in [0.5, 0.6) is 0 Å². The van der Waals surface area contributed by atoms with E-state index in [1.807, 2.05) is 0 Å². The average molecular weight is 397 g/mol. The highest BCUT2D eigenvalue weighted by atomic mass is 19.1. The summed E-state index contributed by atoms with van der Waals surface area (Å²) in [6.45, 7) is -0.382. The van der Waals surface area contributed by atoms with E-state index in [9.17, 15) is 14.0 Å². The van der Waals surface area contributed by atoms with Crippen LogP contribution in [-0.2, 0) is 23.1 Å². The summed E-state index contributed by atoms with van der Waals surface area (Å²) in [5, 5.41) is 18.8. The lowest BCUT2D eigenvalue weighted by Gasteiger charge is -2.17. The number of carbonyl (C=O) groups excluding carboxylic acids is 1. The van der Waals surface area contributed by atoms with Crippen LogP contribution in [0.25, 0.3) is 11.3 Å². The van der Waals surface area contributed by atoms with Gasteiger partial charge in [-0.05, 0) is 36.2 Å². The zero-order chi connectivity index (χ0) is 20.8. The number of pyridine rings is 1. The first-order valence-electron chi connectivity index (χ1n) is 8.87. The molecule has 0 radical (unpaired) electrons. The third kappa shape index (κ3) is 5.45. The molecule has 3 N–H and O–H groups in total. The van der Waals surface area contributed by atoms with Crippen molar-refractivity contribution in [2.24, 2.45) is 7.05 Å². The SMILES string of the molecule is Cn1nc(-c2ccncc2)cc1NC(=O)C(Cc1ccc(F)cc1)NCC(=O)O. The molecule has 150 valence electrons. The number of benzene rings is 1. The van der Waals surface area contributed by atoms with Crippen LogP contribution in [0.2, 0.25) is 0 Å². The lowest BCUT2D eigenvalue weighted by atomic mass is 10.1. The molecule has 0 aliphatic rings. The fraction of sp³-hybridized carbons (Fsp3) is 0.200. The maximum atomic E-state index is 13.1. The Hall–Kier alpha value is -3.59. The van der Waals surface area contributed by atoms with Gasteiger partial charge in [-0.3, -0.25) is 24.6 Å². The number of amides is 1. The van der Waals surface area contributed by atoms with Crippen LogP contribution in [0.4, 0.5) is 10.2 Å². The van der Waals surface area contributed by atoms with Gasteiger partial charge in [0.15, 0.2) is 0 Å². The number of aryl methyl sites for hydroxylation is 1. The fourth-order valence-corrected chi connectivity index (χ4v) is 2.79. The third-order valence-corrected chi connectivity index (χ3v) is 4.28. The summed E-state index contributed by atoms with van der Waals surface area (Å²) in [6, 6.07) is 10.2. The van der Waals surface area contributed by atoms with E-state index in [4.69, 9.17) is 5.11 Å². The van der Waals surface area contributed by atoms with Crippen LogP contribution < -0.4 is 10.6 Å². The number of hydrogen-bond donors (Lipinski definition) is 3. The number of carbonyl (C=O) groups is 2. The summed E-state index contributed by atoms with van der Waals surface area (Å²) in [7, 11) is 1.69. The molecule has 0 saturated heterocycles. The lowest BCUT2D eigenvalue weighted by Crippen LogP contribution is -2.44. The van der Waals surface area contributed by atoms with E-state index >= 15 is 0 Å². The molecule has 2 heterocycles. The van der Waals surface area contributed by atoms with Gasteiger partial charge in [-0.25, -0.2) is 4.39 Å². The Morgan fingerprint density at radius 3 is 2.52 bits per heavy atom. The minimum atomic E-state index is -1.08. The van der Waals surface area contributed by atoms with Gasteiger partial charge in [0.2, 0.25) is 5.91 Å². The van der Waals surface area contributed by atoms with Gasteiger partial charge in [-0.1, -0.05) is 12.1 Å². The normalized spacial score (nSPS) is 11.8. The standard InChI is InChI=1S/C20H20FN5O3/c1-26-18(11-16(25-26)14-6-8-22-9-7-14)24-20(29)17(23-12-19(27)28)10-13-2-4-15(21)5-3-13/h2-9,11,17,23H,10,12H2,1H3,(H,24,29)(H,27,28). The van der Waals surface area contributed by atoms with E-state index in [0.717, 1.165) is 5.56 Å². The Kier molecular flexibility index (Phi) is 6.30. The monoisotopic (exact) mass is 397 g/mol. The van der Waals surface area contributed by atoms with E-state index in [1.54, 1.807) is 49.8 Å². The predicted molar refractivity (Wildman–Crippen MR) is 105 cm³/mol. The van der Waals surface area contributed by atoms with Gasteiger partial charge in [0.1, 0.15) is 11.6 Å². The van der Waals surface area contributed by atoms with Crippen LogP contribution in [0.15, 0.2) is 54.9 Å². The summed E-state index contributed by atoms with van der Waals surface area (Å²) in [4.78, 5) is 27.7. The lowest BCUT2D eigenvalue weighted by molar-refractivity contribution is -0.136.